The number of aromatic nitrogens is 4. The summed E-state index contributed by atoms with van der Waals surface area (Å²) in [5.74, 6) is -1.56. The number of guanidine groups is 2. The minimum absolute atomic E-state index is 0.0699. The van der Waals surface area contributed by atoms with Crippen molar-refractivity contribution in [3.63, 3.8) is 0 Å². The molecule has 20 heteroatoms. The largest absolute Gasteiger partial charge is 0.382 e. The highest BCUT2D eigenvalue weighted by atomic mass is 35.5. The van der Waals surface area contributed by atoms with Gasteiger partial charge in [0.1, 0.15) is 0 Å². The van der Waals surface area contributed by atoms with Crippen molar-refractivity contribution in [3.8, 4) is 0 Å². The number of nitrogens with two attached hydrogens (primary N) is 4. The lowest BCUT2D eigenvalue weighted by atomic mass is 9.96. The second kappa shape index (κ2) is 18.0. The Morgan fingerprint density at radius 1 is 0.717 bits per heavy atom. The summed E-state index contributed by atoms with van der Waals surface area (Å²) in [4.78, 5) is 42.2. The molecule has 0 spiro atoms. The molecule has 1 aliphatic heterocycles. The minimum Gasteiger partial charge on any atom is -0.382 e. The summed E-state index contributed by atoms with van der Waals surface area (Å²) < 4.78 is 0. The molecule has 1 aliphatic rings. The topological polar surface area (TPSA) is 301 Å². The maximum Gasteiger partial charge on any atom is 0.280 e. The fourth-order valence-electron chi connectivity index (χ4n) is 4.65. The van der Waals surface area contributed by atoms with Gasteiger partial charge in [-0.05, 0) is 70.7 Å². The predicted molar refractivity (Wildman–Crippen MR) is 179 cm³/mol. The third kappa shape index (κ3) is 11.6. The van der Waals surface area contributed by atoms with Crippen LogP contribution in [0.25, 0.3) is 0 Å². The van der Waals surface area contributed by atoms with E-state index in [1.165, 1.54) is 0 Å². The zero-order valence-electron chi connectivity index (χ0n) is 25.4. The number of nitrogens with one attached hydrogen (secondary N) is 7. The van der Waals surface area contributed by atoms with E-state index in [9.17, 15) is 9.59 Å². The number of anilines is 4. The maximum absolute atomic E-state index is 12.3. The number of likely N-dealkylation sites (tertiary alicyclic amines) is 1. The molecule has 0 radical (unpaired) electrons. The summed E-state index contributed by atoms with van der Waals surface area (Å²) in [5.41, 5.74) is 22.0. The van der Waals surface area contributed by atoms with E-state index in [1.807, 2.05) is 0 Å². The smallest absolute Gasteiger partial charge is 0.280 e. The van der Waals surface area contributed by atoms with E-state index in [1.54, 1.807) is 0 Å². The van der Waals surface area contributed by atoms with Crippen molar-refractivity contribution in [1.82, 2.24) is 51.4 Å². The number of carbonyl (C=O) groups is 2. The van der Waals surface area contributed by atoms with Crippen LogP contribution in [0.15, 0.2) is 0 Å². The van der Waals surface area contributed by atoms with E-state index in [-0.39, 0.29) is 56.9 Å². The summed E-state index contributed by atoms with van der Waals surface area (Å²) >= 11 is 11.6. The van der Waals surface area contributed by atoms with Crippen LogP contribution in [-0.2, 0) is 0 Å². The summed E-state index contributed by atoms with van der Waals surface area (Å²) in [6, 6.07) is 0. The van der Waals surface area contributed by atoms with Crippen LogP contribution in [0, 0.1) is 16.7 Å². The summed E-state index contributed by atoms with van der Waals surface area (Å²) in [7, 11) is 0. The van der Waals surface area contributed by atoms with Crippen LogP contribution in [-0.4, -0.2) is 94.4 Å². The van der Waals surface area contributed by atoms with Crippen LogP contribution >= 0.6 is 23.2 Å². The molecule has 46 heavy (non-hydrogen) atoms. The van der Waals surface area contributed by atoms with Crippen molar-refractivity contribution in [2.75, 3.05) is 68.7 Å². The molecule has 0 aliphatic carbocycles. The molecule has 2 aromatic heterocycles. The van der Waals surface area contributed by atoms with Crippen LogP contribution < -0.4 is 49.5 Å². The number of hydrogen-bond acceptors (Lipinski definition) is 14. The van der Waals surface area contributed by atoms with Gasteiger partial charge in [-0.25, -0.2) is 19.9 Å². The summed E-state index contributed by atoms with van der Waals surface area (Å²) in [6.07, 6.45) is 5.95. The Labute approximate surface area is 276 Å². The SMILES string of the molecule is N=C(NCCCCCN1CCC(CNCCCNC(=N)NC(=O)c2nc(Cl)c(N)nc2N)CC1)NC(=O)c1nc(Cl)c(N)nc1N. The molecule has 1 fully saturated rings. The molecule has 0 bridgehead atoms. The van der Waals surface area contributed by atoms with Crippen molar-refractivity contribution in [1.29, 1.82) is 10.8 Å². The van der Waals surface area contributed by atoms with Gasteiger partial charge in [0.05, 0.1) is 0 Å². The molecular weight excluding hydrogens is 639 g/mol. The Kier molecular flexibility index (Phi) is 14.2. The van der Waals surface area contributed by atoms with Crippen molar-refractivity contribution in [2.24, 2.45) is 5.92 Å². The molecule has 1 saturated heterocycles. The third-order valence-corrected chi connectivity index (χ3v) is 7.70. The van der Waals surface area contributed by atoms with E-state index in [2.05, 4.69) is 51.4 Å². The number of amides is 2. The fraction of sp³-hybridized carbons (Fsp3) is 0.538. The molecule has 0 saturated carbocycles. The third-order valence-electron chi connectivity index (χ3n) is 7.14. The Morgan fingerprint density at radius 2 is 1.22 bits per heavy atom. The highest BCUT2D eigenvalue weighted by Crippen LogP contribution is 2.19. The van der Waals surface area contributed by atoms with Gasteiger partial charge >= 0.3 is 0 Å². The summed E-state index contributed by atoms with van der Waals surface area (Å²) in [6.45, 7) is 5.94. The highest BCUT2D eigenvalue weighted by molar-refractivity contribution is 6.32. The van der Waals surface area contributed by atoms with Crippen LogP contribution in [0.1, 0.15) is 59.5 Å². The molecule has 3 heterocycles. The first-order valence-electron chi connectivity index (χ1n) is 14.8. The van der Waals surface area contributed by atoms with Gasteiger partial charge < -0.3 is 43.8 Å². The van der Waals surface area contributed by atoms with Gasteiger partial charge in [-0.1, -0.05) is 29.6 Å². The van der Waals surface area contributed by atoms with Crippen molar-refractivity contribution in [3.05, 3.63) is 21.7 Å². The van der Waals surface area contributed by atoms with Crippen molar-refractivity contribution in [2.45, 2.75) is 38.5 Å². The van der Waals surface area contributed by atoms with Gasteiger partial charge in [0.25, 0.3) is 11.8 Å². The standard InChI is InChI=1S/C26H42Cl2N16O2/c27-17-21(31)40-19(29)15(38-17)23(45)42-25(33)36-8-2-1-3-10-44-11-5-14(6-12-44)13-35-7-4-9-37-26(34)43-24(46)16-20(30)41-22(32)18(28)39-16/h14,35H,1-13H2,(H4,29,31,40)(H4,30,32,41)(H3,33,36,42,45)(H3,34,37,43,46). The zero-order chi connectivity index (χ0) is 33.6. The van der Waals surface area contributed by atoms with Crippen LogP contribution in [0.2, 0.25) is 10.3 Å². The molecule has 0 aromatic carbocycles. The normalized spacial score (nSPS) is 13.6. The number of nitrogen functional groups attached to an aromatic ring is 4. The number of halogens is 2. The van der Waals surface area contributed by atoms with Gasteiger partial charge in [-0.3, -0.25) is 31.0 Å². The predicted octanol–water partition coefficient (Wildman–Crippen LogP) is -0.0273. The monoisotopic (exact) mass is 680 g/mol. The number of unbranched alkanes of at least 4 members (excludes halogenated alkanes) is 2. The Morgan fingerprint density at radius 3 is 1.74 bits per heavy atom. The maximum atomic E-state index is 12.3. The molecule has 0 atom stereocenters. The Balaban J connectivity index is 1.16. The Hall–Kier alpha value is -4.26. The summed E-state index contributed by atoms with van der Waals surface area (Å²) in [5, 5.41) is 29.5. The molecule has 3 rings (SSSR count). The van der Waals surface area contributed by atoms with Crippen LogP contribution in [0.5, 0.6) is 0 Å². The molecule has 15 N–H and O–H groups in total. The number of carbonyl (C=O) groups excluding carboxylic acids is 2. The average molecular weight is 682 g/mol. The lowest BCUT2D eigenvalue weighted by Gasteiger charge is -2.32. The second-order valence-corrected chi connectivity index (χ2v) is 11.4. The van der Waals surface area contributed by atoms with Crippen LogP contribution in [0.3, 0.4) is 0 Å². The molecular formula is C26H42Cl2N16O2. The first-order valence-corrected chi connectivity index (χ1v) is 15.6. The first kappa shape index (κ1) is 36.2. The van der Waals surface area contributed by atoms with E-state index >= 15 is 0 Å². The minimum atomic E-state index is -0.699. The lowest BCUT2D eigenvalue weighted by molar-refractivity contribution is 0.0963. The van der Waals surface area contributed by atoms with Crippen molar-refractivity contribution >= 4 is 70.2 Å². The molecule has 2 aromatic rings. The van der Waals surface area contributed by atoms with Gasteiger partial charge in [0.15, 0.2) is 56.9 Å². The van der Waals surface area contributed by atoms with E-state index in [0.29, 0.717) is 19.0 Å². The van der Waals surface area contributed by atoms with E-state index in [4.69, 9.17) is 57.0 Å². The first-order chi connectivity index (χ1) is 21.9. The van der Waals surface area contributed by atoms with Gasteiger partial charge in [0, 0.05) is 13.1 Å². The molecule has 252 valence electrons. The van der Waals surface area contributed by atoms with Gasteiger partial charge in [0.2, 0.25) is 0 Å². The lowest BCUT2D eigenvalue weighted by Crippen LogP contribution is -2.42. The number of rotatable bonds is 14. The number of hydrogen-bond donors (Lipinski definition) is 11. The molecule has 0 unspecified atom stereocenters. The van der Waals surface area contributed by atoms with E-state index < -0.39 is 11.8 Å². The molecule has 2 amide bonds. The van der Waals surface area contributed by atoms with Crippen LogP contribution in [0.4, 0.5) is 23.3 Å². The molecule has 18 nitrogen and oxygen atoms in total. The van der Waals surface area contributed by atoms with Crippen molar-refractivity contribution < 1.29 is 9.59 Å². The average Bonchev–Trinajstić information content (AvgIpc) is 3.00. The Bertz CT molecular complexity index is 1280. The van der Waals surface area contributed by atoms with Gasteiger partial charge in [-0.15, -0.1) is 0 Å². The highest BCUT2D eigenvalue weighted by Gasteiger charge is 2.20. The van der Waals surface area contributed by atoms with E-state index in [0.717, 1.165) is 71.2 Å². The number of nitrogens with zero attached hydrogens (tertiary/aromatic N) is 5. The zero-order valence-corrected chi connectivity index (χ0v) is 26.9. The van der Waals surface area contributed by atoms with Gasteiger partial charge in [-0.2, -0.15) is 0 Å². The number of piperidine rings is 1. The second-order valence-electron chi connectivity index (χ2n) is 10.7. The fourth-order valence-corrected chi connectivity index (χ4v) is 4.90. The quantitative estimate of drug-likeness (QED) is 0.0709.